The van der Waals surface area contributed by atoms with Crippen molar-refractivity contribution in [3.63, 3.8) is 0 Å². The standard InChI is InChI=1S/C30H23ClF4N3O2/c31-26-15-22(9-12-36-26)30(39)38(40)25-16-24(33)28(34)29(35)27(25)21-10-13-37(14-11-21)17-18-1-3-19(4-2-18)20-5-7-23(32)8-6-20/h1-9,12,15-16,21H,10-11,13-14,17H2/q-1. The zero-order valence-corrected chi connectivity index (χ0v) is 21.8. The average molecular weight is 569 g/mol. The lowest BCUT2D eigenvalue weighted by molar-refractivity contribution is 0.0997. The minimum atomic E-state index is -1.68. The van der Waals surface area contributed by atoms with Gasteiger partial charge in [-0.2, -0.15) is 0 Å². The SMILES string of the molecule is O=C(c1ccnc(Cl)c1)N([O-])c1cc(F)c(F)c(F)c1C1CCN(Cc2ccc(-c3ccc(F)cc3)cc2)CC1. The number of hydrogen-bond acceptors (Lipinski definition) is 4. The Balaban J connectivity index is 1.30. The molecule has 0 N–H and O–H groups in total. The number of nitrogens with zero attached hydrogens (tertiary/aromatic N) is 3. The second kappa shape index (κ2) is 11.8. The zero-order chi connectivity index (χ0) is 28.4. The first-order chi connectivity index (χ1) is 19.2. The number of amides is 1. The Kier molecular flexibility index (Phi) is 8.16. The van der Waals surface area contributed by atoms with Gasteiger partial charge in [-0.3, -0.25) is 9.69 Å². The molecule has 0 radical (unpaired) electrons. The van der Waals surface area contributed by atoms with Crippen molar-refractivity contribution < 1.29 is 22.4 Å². The number of carbonyl (C=O) groups excluding carboxylic acids is 1. The Hall–Kier alpha value is -3.79. The molecular weight excluding hydrogens is 546 g/mol. The first kappa shape index (κ1) is 27.8. The number of halogens is 5. The van der Waals surface area contributed by atoms with Crippen molar-refractivity contribution in [3.05, 3.63) is 123 Å². The lowest BCUT2D eigenvalue weighted by Gasteiger charge is -2.36. The van der Waals surface area contributed by atoms with Crippen LogP contribution in [0.4, 0.5) is 23.2 Å². The third-order valence-electron chi connectivity index (χ3n) is 7.09. The van der Waals surface area contributed by atoms with Crippen LogP contribution in [0, 0.1) is 28.5 Å². The molecule has 1 aliphatic heterocycles. The van der Waals surface area contributed by atoms with Gasteiger partial charge < -0.3 is 10.3 Å². The quantitative estimate of drug-likeness (QED) is 0.105. The van der Waals surface area contributed by atoms with E-state index in [2.05, 4.69) is 9.88 Å². The molecule has 1 aliphatic rings. The van der Waals surface area contributed by atoms with Crippen molar-refractivity contribution in [2.75, 3.05) is 18.2 Å². The molecule has 206 valence electrons. The minimum Gasteiger partial charge on any atom is -0.751 e. The molecule has 2 heterocycles. The van der Waals surface area contributed by atoms with Crippen LogP contribution >= 0.6 is 11.6 Å². The first-order valence-corrected chi connectivity index (χ1v) is 13.0. The normalized spacial score (nSPS) is 14.3. The van der Waals surface area contributed by atoms with Gasteiger partial charge >= 0.3 is 0 Å². The summed E-state index contributed by atoms with van der Waals surface area (Å²) in [4.78, 5) is 18.7. The Morgan fingerprint density at radius 1 is 0.925 bits per heavy atom. The van der Waals surface area contributed by atoms with Crippen LogP contribution in [0.2, 0.25) is 5.15 Å². The summed E-state index contributed by atoms with van der Waals surface area (Å²) < 4.78 is 56.8. The fourth-order valence-corrected chi connectivity index (χ4v) is 5.17. The lowest BCUT2D eigenvalue weighted by atomic mass is 9.87. The predicted molar refractivity (Wildman–Crippen MR) is 145 cm³/mol. The molecule has 0 atom stereocenters. The van der Waals surface area contributed by atoms with Crippen LogP contribution in [0.1, 0.15) is 40.2 Å². The lowest BCUT2D eigenvalue weighted by Crippen LogP contribution is -2.34. The van der Waals surface area contributed by atoms with Crippen molar-refractivity contribution in [3.8, 4) is 11.1 Å². The Morgan fingerprint density at radius 2 is 1.55 bits per heavy atom. The number of pyridine rings is 1. The summed E-state index contributed by atoms with van der Waals surface area (Å²) in [6.45, 7) is 1.63. The summed E-state index contributed by atoms with van der Waals surface area (Å²) in [5, 5.41) is 12.8. The summed E-state index contributed by atoms with van der Waals surface area (Å²) in [6.07, 6.45) is 1.96. The molecule has 1 aromatic heterocycles. The van der Waals surface area contributed by atoms with Gasteiger partial charge in [0.1, 0.15) is 11.0 Å². The van der Waals surface area contributed by atoms with Crippen molar-refractivity contribution >= 4 is 23.2 Å². The van der Waals surface area contributed by atoms with Gasteiger partial charge in [0, 0.05) is 35.6 Å². The van der Waals surface area contributed by atoms with Gasteiger partial charge in [-0.25, -0.2) is 22.5 Å². The smallest absolute Gasteiger partial charge is 0.247 e. The van der Waals surface area contributed by atoms with Gasteiger partial charge in [0.15, 0.2) is 17.5 Å². The van der Waals surface area contributed by atoms with E-state index >= 15 is 4.39 Å². The highest BCUT2D eigenvalue weighted by molar-refractivity contribution is 6.29. The molecule has 0 aliphatic carbocycles. The van der Waals surface area contributed by atoms with Crippen LogP contribution in [-0.4, -0.2) is 28.9 Å². The summed E-state index contributed by atoms with van der Waals surface area (Å²) in [6, 6.07) is 17.1. The van der Waals surface area contributed by atoms with Crippen LogP contribution < -0.4 is 5.06 Å². The molecule has 10 heteroatoms. The summed E-state index contributed by atoms with van der Waals surface area (Å²) in [7, 11) is 0. The van der Waals surface area contributed by atoms with E-state index in [0.717, 1.165) is 22.8 Å². The number of hydroxylamine groups is 1. The molecule has 5 nitrogen and oxygen atoms in total. The third kappa shape index (κ3) is 5.86. The highest BCUT2D eigenvalue weighted by Crippen LogP contribution is 2.39. The molecular formula is C30H23ClF4N3O2-. The Morgan fingerprint density at radius 3 is 2.17 bits per heavy atom. The first-order valence-electron chi connectivity index (χ1n) is 12.6. The molecule has 3 aromatic carbocycles. The monoisotopic (exact) mass is 568 g/mol. The van der Waals surface area contributed by atoms with Gasteiger partial charge in [-0.15, -0.1) is 0 Å². The molecule has 4 aromatic rings. The number of rotatable bonds is 6. The predicted octanol–water partition coefficient (Wildman–Crippen LogP) is 7.48. The molecule has 1 amide bonds. The summed E-state index contributed by atoms with van der Waals surface area (Å²) in [5.41, 5.74) is 1.89. The molecule has 5 rings (SSSR count). The minimum absolute atomic E-state index is 0.0339. The number of hydrogen-bond donors (Lipinski definition) is 0. The number of benzene rings is 3. The maximum absolute atomic E-state index is 15.1. The highest BCUT2D eigenvalue weighted by atomic mass is 35.5. The van der Waals surface area contributed by atoms with Crippen molar-refractivity contribution in [1.29, 1.82) is 0 Å². The van der Waals surface area contributed by atoms with Gasteiger partial charge in [-0.1, -0.05) is 48.0 Å². The number of piperidine rings is 1. The molecule has 0 bridgehead atoms. The van der Waals surface area contributed by atoms with Gasteiger partial charge in [0.05, 0.1) is 0 Å². The third-order valence-corrected chi connectivity index (χ3v) is 7.30. The maximum Gasteiger partial charge on any atom is 0.247 e. The molecule has 40 heavy (non-hydrogen) atoms. The zero-order valence-electron chi connectivity index (χ0n) is 21.1. The highest BCUT2D eigenvalue weighted by Gasteiger charge is 2.30. The van der Waals surface area contributed by atoms with E-state index in [9.17, 15) is 23.2 Å². The van der Waals surface area contributed by atoms with E-state index < -0.39 is 35.0 Å². The van der Waals surface area contributed by atoms with Gasteiger partial charge in [0.2, 0.25) is 5.91 Å². The van der Waals surface area contributed by atoms with Crippen molar-refractivity contribution in [2.45, 2.75) is 25.3 Å². The second-order valence-electron chi connectivity index (χ2n) is 9.64. The summed E-state index contributed by atoms with van der Waals surface area (Å²) in [5.74, 6) is -6.71. The molecule has 0 spiro atoms. The van der Waals surface area contributed by atoms with Gasteiger partial charge in [0.25, 0.3) is 0 Å². The molecule has 1 fully saturated rings. The van der Waals surface area contributed by atoms with E-state index in [1.165, 1.54) is 24.4 Å². The van der Waals surface area contributed by atoms with Crippen LogP contribution in [0.3, 0.4) is 0 Å². The Bertz CT molecular complexity index is 1530. The van der Waals surface area contributed by atoms with Crippen molar-refractivity contribution in [2.24, 2.45) is 0 Å². The average Bonchev–Trinajstić information content (AvgIpc) is 2.96. The fourth-order valence-electron chi connectivity index (χ4n) is 5.00. The number of likely N-dealkylation sites (tertiary alicyclic amines) is 1. The van der Waals surface area contributed by atoms with E-state index in [-0.39, 0.29) is 27.2 Å². The Labute approximate surface area is 233 Å². The number of carbonyl (C=O) groups is 1. The topological polar surface area (TPSA) is 59.5 Å². The van der Waals surface area contributed by atoms with E-state index in [1.54, 1.807) is 12.1 Å². The van der Waals surface area contributed by atoms with E-state index in [0.29, 0.717) is 38.5 Å². The van der Waals surface area contributed by atoms with E-state index in [1.807, 2.05) is 24.3 Å². The van der Waals surface area contributed by atoms with Crippen LogP contribution in [0.5, 0.6) is 0 Å². The van der Waals surface area contributed by atoms with Gasteiger partial charge in [-0.05, 0) is 72.8 Å². The number of anilines is 1. The maximum atomic E-state index is 15.1. The largest absolute Gasteiger partial charge is 0.751 e. The summed E-state index contributed by atoms with van der Waals surface area (Å²) >= 11 is 5.81. The van der Waals surface area contributed by atoms with Crippen LogP contribution in [0.25, 0.3) is 11.1 Å². The molecule has 0 unspecified atom stereocenters. The fraction of sp³-hybridized carbons (Fsp3) is 0.200. The van der Waals surface area contributed by atoms with Crippen LogP contribution in [0.15, 0.2) is 72.9 Å². The van der Waals surface area contributed by atoms with Crippen LogP contribution in [-0.2, 0) is 6.54 Å². The molecule has 1 saturated heterocycles. The van der Waals surface area contributed by atoms with Crippen molar-refractivity contribution in [1.82, 2.24) is 9.88 Å². The number of aromatic nitrogens is 1. The molecule has 0 saturated carbocycles. The second-order valence-corrected chi connectivity index (χ2v) is 10.0. The van der Waals surface area contributed by atoms with E-state index in [4.69, 9.17) is 11.6 Å².